The molecule has 0 aliphatic heterocycles. The number of carbonyl (C=O) groups is 1. The highest BCUT2D eigenvalue weighted by molar-refractivity contribution is 7.99. The zero-order valence-corrected chi connectivity index (χ0v) is 16.2. The number of aliphatic hydroxyl groups is 1. The van der Waals surface area contributed by atoms with Gasteiger partial charge in [-0.15, -0.1) is 0 Å². The van der Waals surface area contributed by atoms with Crippen molar-refractivity contribution in [3.8, 4) is 12.1 Å². The predicted molar refractivity (Wildman–Crippen MR) is 105 cm³/mol. The zero-order chi connectivity index (χ0) is 20.4. The van der Waals surface area contributed by atoms with Crippen LogP contribution in [0.2, 0.25) is 0 Å². The first kappa shape index (κ1) is 21.4. The van der Waals surface area contributed by atoms with Crippen LogP contribution >= 0.6 is 11.8 Å². The van der Waals surface area contributed by atoms with Gasteiger partial charge in [-0.05, 0) is 18.6 Å². The van der Waals surface area contributed by atoms with E-state index >= 15 is 0 Å². The SMILES string of the molecule is N#CCCN(CCC#N)C(=O)CSc1nc2ccccc2c(=O)n1CCCO. The fraction of sp³-hybridized carbons (Fsp3) is 0.421. The lowest BCUT2D eigenvalue weighted by molar-refractivity contribution is -0.128. The Labute approximate surface area is 167 Å². The van der Waals surface area contributed by atoms with Crippen LogP contribution in [0, 0.1) is 22.7 Å². The van der Waals surface area contributed by atoms with Crippen molar-refractivity contribution in [3.63, 3.8) is 0 Å². The maximum Gasteiger partial charge on any atom is 0.262 e. The van der Waals surface area contributed by atoms with Crippen molar-refractivity contribution in [2.45, 2.75) is 31.0 Å². The van der Waals surface area contributed by atoms with Crippen LogP contribution in [0.15, 0.2) is 34.2 Å². The smallest absolute Gasteiger partial charge is 0.262 e. The van der Waals surface area contributed by atoms with Crippen molar-refractivity contribution in [2.24, 2.45) is 0 Å². The summed E-state index contributed by atoms with van der Waals surface area (Å²) in [5.41, 5.74) is 0.341. The lowest BCUT2D eigenvalue weighted by Gasteiger charge is -2.20. The summed E-state index contributed by atoms with van der Waals surface area (Å²) < 4.78 is 1.48. The maximum absolute atomic E-state index is 12.8. The lowest BCUT2D eigenvalue weighted by Crippen LogP contribution is -2.34. The Kier molecular flexibility index (Phi) is 8.47. The molecule has 146 valence electrons. The Bertz CT molecular complexity index is 943. The summed E-state index contributed by atoms with van der Waals surface area (Å²) in [6.45, 7) is 0.773. The number of fused-ring (bicyclic) bond motifs is 1. The highest BCUT2D eigenvalue weighted by atomic mass is 32.2. The quantitative estimate of drug-likeness (QED) is 0.475. The second-order valence-corrected chi connectivity index (χ2v) is 6.87. The lowest BCUT2D eigenvalue weighted by atomic mass is 10.2. The van der Waals surface area contributed by atoms with E-state index in [1.165, 1.54) is 9.47 Å². The van der Waals surface area contributed by atoms with Crippen LogP contribution in [0.5, 0.6) is 0 Å². The van der Waals surface area contributed by atoms with Gasteiger partial charge in [-0.1, -0.05) is 23.9 Å². The Hall–Kier alpha value is -2.88. The van der Waals surface area contributed by atoms with Crippen molar-refractivity contribution in [3.05, 3.63) is 34.6 Å². The summed E-state index contributed by atoms with van der Waals surface area (Å²) >= 11 is 1.14. The summed E-state index contributed by atoms with van der Waals surface area (Å²) in [6, 6.07) is 11.0. The third-order valence-corrected chi connectivity index (χ3v) is 4.99. The van der Waals surface area contributed by atoms with Gasteiger partial charge in [0.1, 0.15) is 0 Å². The van der Waals surface area contributed by atoms with Crippen molar-refractivity contribution < 1.29 is 9.90 Å². The van der Waals surface area contributed by atoms with E-state index in [9.17, 15) is 9.59 Å². The molecule has 0 unspecified atom stereocenters. The number of benzene rings is 1. The van der Waals surface area contributed by atoms with E-state index in [2.05, 4.69) is 4.98 Å². The van der Waals surface area contributed by atoms with E-state index < -0.39 is 0 Å². The van der Waals surface area contributed by atoms with Gasteiger partial charge >= 0.3 is 0 Å². The monoisotopic (exact) mass is 399 g/mol. The average Bonchev–Trinajstić information content (AvgIpc) is 2.71. The van der Waals surface area contributed by atoms with Gasteiger partial charge in [0, 0.05) is 26.2 Å². The molecule has 8 nitrogen and oxygen atoms in total. The summed E-state index contributed by atoms with van der Waals surface area (Å²) in [5, 5.41) is 27.5. The van der Waals surface area contributed by atoms with Gasteiger partial charge < -0.3 is 10.0 Å². The molecule has 1 aromatic heterocycles. The fourth-order valence-corrected chi connectivity index (χ4v) is 3.56. The molecule has 1 N–H and O–H groups in total. The first-order valence-corrected chi connectivity index (χ1v) is 9.85. The highest BCUT2D eigenvalue weighted by Gasteiger charge is 2.17. The molecule has 0 saturated carbocycles. The molecule has 1 aromatic carbocycles. The average molecular weight is 399 g/mol. The Morgan fingerprint density at radius 2 is 1.89 bits per heavy atom. The molecule has 0 radical (unpaired) electrons. The Morgan fingerprint density at radius 3 is 2.54 bits per heavy atom. The van der Waals surface area contributed by atoms with E-state index in [1.807, 2.05) is 12.1 Å². The number of carbonyl (C=O) groups excluding carboxylic acids is 1. The Balaban J connectivity index is 2.23. The minimum absolute atomic E-state index is 0.0424. The zero-order valence-electron chi connectivity index (χ0n) is 15.4. The number of nitrogens with zero attached hydrogens (tertiary/aromatic N) is 5. The van der Waals surface area contributed by atoms with Crippen molar-refractivity contribution in [2.75, 3.05) is 25.4 Å². The number of rotatable bonds is 10. The second-order valence-electron chi connectivity index (χ2n) is 5.93. The van der Waals surface area contributed by atoms with Gasteiger partial charge in [-0.2, -0.15) is 10.5 Å². The molecule has 0 fully saturated rings. The molecule has 2 aromatic rings. The van der Waals surface area contributed by atoms with Crippen LogP contribution in [0.4, 0.5) is 0 Å². The molecule has 0 aliphatic carbocycles. The van der Waals surface area contributed by atoms with Crippen LogP contribution in [-0.4, -0.2) is 50.9 Å². The standard InChI is InChI=1S/C19H21N5O3S/c20-8-3-10-23(11-4-9-21)17(26)14-28-19-22-16-7-2-1-6-15(16)18(27)24(19)12-5-13-25/h1-2,6-7,25H,3-5,10-14H2. The molecular weight excluding hydrogens is 378 g/mol. The summed E-state index contributed by atoms with van der Waals surface area (Å²) in [4.78, 5) is 31.3. The van der Waals surface area contributed by atoms with E-state index in [0.717, 1.165) is 11.8 Å². The van der Waals surface area contributed by atoms with Gasteiger partial charge in [-0.3, -0.25) is 14.2 Å². The molecule has 2 rings (SSSR count). The van der Waals surface area contributed by atoms with Crippen LogP contribution < -0.4 is 5.56 Å². The minimum atomic E-state index is -0.216. The molecule has 0 saturated heterocycles. The van der Waals surface area contributed by atoms with Gasteiger partial charge in [0.2, 0.25) is 5.91 Å². The van der Waals surface area contributed by atoms with Crippen molar-refractivity contribution in [1.82, 2.24) is 14.5 Å². The van der Waals surface area contributed by atoms with Gasteiger partial charge in [0.25, 0.3) is 5.56 Å². The molecular formula is C19H21N5O3S. The van der Waals surface area contributed by atoms with Crippen molar-refractivity contribution >= 4 is 28.6 Å². The van der Waals surface area contributed by atoms with Crippen LogP contribution in [0.25, 0.3) is 10.9 Å². The first-order valence-electron chi connectivity index (χ1n) is 8.87. The summed E-state index contributed by atoms with van der Waals surface area (Å²) in [5.74, 6) is -0.174. The third kappa shape index (κ3) is 5.56. The Morgan fingerprint density at radius 1 is 1.21 bits per heavy atom. The van der Waals surface area contributed by atoms with E-state index in [4.69, 9.17) is 15.6 Å². The van der Waals surface area contributed by atoms with Gasteiger partial charge in [0.05, 0.1) is 41.6 Å². The number of nitriles is 2. The number of hydrogen-bond acceptors (Lipinski definition) is 7. The van der Waals surface area contributed by atoms with Gasteiger partial charge in [0.15, 0.2) is 5.16 Å². The molecule has 9 heteroatoms. The number of para-hydroxylation sites is 1. The number of aromatic nitrogens is 2. The van der Waals surface area contributed by atoms with Crippen LogP contribution in [0.3, 0.4) is 0 Å². The second kappa shape index (κ2) is 11.1. The van der Waals surface area contributed by atoms with E-state index in [0.29, 0.717) is 29.0 Å². The topological polar surface area (TPSA) is 123 Å². The predicted octanol–water partition coefficient (Wildman–Crippen LogP) is 1.53. The molecule has 0 bridgehead atoms. The highest BCUT2D eigenvalue weighted by Crippen LogP contribution is 2.19. The van der Waals surface area contributed by atoms with Crippen LogP contribution in [-0.2, 0) is 11.3 Å². The number of hydrogen-bond donors (Lipinski definition) is 1. The maximum atomic E-state index is 12.8. The fourth-order valence-electron chi connectivity index (χ4n) is 2.63. The normalized spacial score (nSPS) is 10.4. The number of amides is 1. The minimum Gasteiger partial charge on any atom is -0.396 e. The van der Waals surface area contributed by atoms with E-state index in [1.54, 1.807) is 24.3 Å². The van der Waals surface area contributed by atoms with Crippen molar-refractivity contribution in [1.29, 1.82) is 10.5 Å². The number of thioether (sulfide) groups is 1. The molecule has 1 amide bonds. The summed E-state index contributed by atoms with van der Waals surface area (Å²) in [7, 11) is 0. The molecule has 1 heterocycles. The molecule has 0 spiro atoms. The van der Waals surface area contributed by atoms with Crippen LogP contribution in [0.1, 0.15) is 19.3 Å². The molecule has 0 aliphatic rings. The molecule has 0 atom stereocenters. The summed E-state index contributed by atoms with van der Waals surface area (Å²) in [6.07, 6.45) is 0.784. The molecule has 28 heavy (non-hydrogen) atoms. The van der Waals surface area contributed by atoms with E-state index in [-0.39, 0.29) is 49.8 Å². The number of aliphatic hydroxyl groups excluding tert-OH is 1. The first-order chi connectivity index (χ1) is 13.6. The largest absolute Gasteiger partial charge is 0.396 e. The third-order valence-electron chi connectivity index (χ3n) is 4.03. The van der Waals surface area contributed by atoms with Gasteiger partial charge in [-0.25, -0.2) is 4.98 Å².